The molecule has 0 saturated carbocycles. The van der Waals surface area contributed by atoms with E-state index in [-0.39, 0.29) is 19.0 Å². The fourth-order valence-corrected chi connectivity index (χ4v) is 2.23. The maximum absolute atomic E-state index is 11.7. The molecule has 2 aromatic rings. The molecule has 2 heterocycles. The van der Waals surface area contributed by atoms with Crippen molar-refractivity contribution in [2.24, 2.45) is 5.84 Å². The lowest BCUT2D eigenvalue weighted by molar-refractivity contribution is -0.125. The van der Waals surface area contributed by atoms with Gasteiger partial charge in [-0.1, -0.05) is 11.6 Å². The fourth-order valence-electron chi connectivity index (χ4n) is 2.10. The summed E-state index contributed by atoms with van der Waals surface area (Å²) >= 11 is 5.83. The molecular weight excluding hydrogens is 294 g/mol. The lowest BCUT2D eigenvalue weighted by atomic mass is 10.2. The summed E-state index contributed by atoms with van der Waals surface area (Å²) in [4.78, 5) is 24.4. The Balaban J connectivity index is 1.78. The minimum Gasteiger partial charge on any atom is -0.459 e. The van der Waals surface area contributed by atoms with Crippen LogP contribution in [0.5, 0.6) is 0 Å². The fraction of sp³-hybridized carbons (Fsp3) is 0.143. The quantitative estimate of drug-likeness (QED) is 0.536. The molecule has 21 heavy (non-hydrogen) atoms. The first-order valence-electron chi connectivity index (χ1n) is 6.26. The number of amides is 3. The van der Waals surface area contributed by atoms with Gasteiger partial charge in [-0.3, -0.25) is 14.7 Å². The Hall–Kier alpha value is -2.31. The molecule has 6 nitrogen and oxygen atoms in total. The first-order valence-corrected chi connectivity index (χ1v) is 6.63. The van der Waals surface area contributed by atoms with Crippen LogP contribution in [0, 0.1) is 0 Å². The second kappa shape index (κ2) is 5.23. The van der Waals surface area contributed by atoms with Crippen molar-refractivity contribution in [3.05, 3.63) is 47.2 Å². The molecular formula is C14H12ClN3O3. The molecule has 0 spiro atoms. The number of rotatable bonds is 3. The molecule has 0 aliphatic carbocycles. The van der Waals surface area contributed by atoms with Crippen LogP contribution < -0.4 is 5.84 Å². The van der Waals surface area contributed by atoms with Gasteiger partial charge in [0.15, 0.2) is 0 Å². The predicted octanol–water partition coefficient (Wildman–Crippen LogP) is 2.24. The number of benzene rings is 1. The maximum Gasteiger partial charge on any atom is 0.341 e. The third-order valence-electron chi connectivity index (χ3n) is 3.19. The van der Waals surface area contributed by atoms with Gasteiger partial charge < -0.3 is 4.42 Å². The topological polar surface area (TPSA) is 79.8 Å². The Labute approximate surface area is 125 Å². The second-order valence-corrected chi connectivity index (χ2v) is 5.10. The molecule has 0 atom stereocenters. The van der Waals surface area contributed by atoms with Crippen molar-refractivity contribution in [3.8, 4) is 11.3 Å². The summed E-state index contributed by atoms with van der Waals surface area (Å²) in [5, 5.41) is 1.52. The van der Waals surface area contributed by atoms with Crippen LogP contribution >= 0.6 is 11.6 Å². The van der Waals surface area contributed by atoms with E-state index in [2.05, 4.69) is 0 Å². The smallest absolute Gasteiger partial charge is 0.341 e. The number of hydrazine groups is 1. The number of imide groups is 1. The number of nitrogens with zero attached hydrogens (tertiary/aromatic N) is 2. The Morgan fingerprint density at radius 2 is 1.86 bits per heavy atom. The van der Waals surface area contributed by atoms with Crippen molar-refractivity contribution >= 4 is 23.5 Å². The highest BCUT2D eigenvalue weighted by Crippen LogP contribution is 2.25. The van der Waals surface area contributed by atoms with E-state index in [0.29, 0.717) is 16.5 Å². The van der Waals surface area contributed by atoms with Gasteiger partial charge in [0.2, 0.25) is 0 Å². The molecule has 3 amide bonds. The number of urea groups is 1. The van der Waals surface area contributed by atoms with E-state index in [1.165, 1.54) is 0 Å². The van der Waals surface area contributed by atoms with Crippen LogP contribution in [0.15, 0.2) is 40.8 Å². The summed E-state index contributed by atoms with van der Waals surface area (Å²) in [6.07, 6.45) is 0. The van der Waals surface area contributed by atoms with Gasteiger partial charge >= 0.3 is 6.03 Å². The SMILES string of the molecule is NN1CC(=O)N(Cc2ccc(-c3ccc(Cl)cc3)o2)C1=O. The van der Waals surface area contributed by atoms with Gasteiger partial charge in [0.25, 0.3) is 5.91 Å². The molecule has 0 radical (unpaired) electrons. The average Bonchev–Trinajstić information content (AvgIpc) is 3.01. The molecule has 108 valence electrons. The van der Waals surface area contributed by atoms with Crippen LogP contribution in [0.2, 0.25) is 5.02 Å². The van der Waals surface area contributed by atoms with E-state index in [4.69, 9.17) is 21.9 Å². The van der Waals surface area contributed by atoms with E-state index < -0.39 is 6.03 Å². The van der Waals surface area contributed by atoms with Crippen LogP contribution in [-0.2, 0) is 11.3 Å². The Kier molecular flexibility index (Phi) is 3.40. The van der Waals surface area contributed by atoms with E-state index in [0.717, 1.165) is 15.5 Å². The maximum atomic E-state index is 11.7. The van der Waals surface area contributed by atoms with Crippen LogP contribution in [0.3, 0.4) is 0 Å². The second-order valence-electron chi connectivity index (χ2n) is 4.66. The van der Waals surface area contributed by atoms with Crippen molar-refractivity contribution < 1.29 is 14.0 Å². The van der Waals surface area contributed by atoms with Gasteiger partial charge in [-0.25, -0.2) is 10.6 Å². The Bertz CT molecular complexity index is 696. The molecule has 1 aromatic heterocycles. The zero-order valence-electron chi connectivity index (χ0n) is 11.0. The normalized spacial score (nSPS) is 15.1. The van der Waals surface area contributed by atoms with Crippen LogP contribution in [0.4, 0.5) is 4.79 Å². The molecule has 1 aromatic carbocycles. The number of hydrogen-bond acceptors (Lipinski definition) is 4. The molecule has 2 N–H and O–H groups in total. The summed E-state index contributed by atoms with van der Waals surface area (Å²) in [7, 11) is 0. The van der Waals surface area contributed by atoms with E-state index in [1.807, 2.05) is 12.1 Å². The van der Waals surface area contributed by atoms with Gasteiger partial charge in [-0.05, 0) is 36.4 Å². The van der Waals surface area contributed by atoms with Crippen LogP contribution in [0.1, 0.15) is 5.76 Å². The lowest BCUT2D eigenvalue weighted by Crippen LogP contribution is -2.36. The van der Waals surface area contributed by atoms with Crippen molar-refractivity contribution in [2.45, 2.75) is 6.54 Å². The van der Waals surface area contributed by atoms with E-state index in [9.17, 15) is 9.59 Å². The standard InChI is InChI=1S/C14H12ClN3O3/c15-10-3-1-9(2-4-10)12-6-5-11(21-12)7-17-13(19)8-18(16)14(17)20/h1-6H,7-8,16H2. The molecule has 0 bridgehead atoms. The third kappa shape index (κ3) is 2.63. The average molecular weight is 306 g/mol. The number of furan rings is 1. The van der Waals surface area contributed by atoms with Crippen molar-refractivity contribution in [1.29, 1.82) is 0 Å². The highest BCUT2D eigenvalue weighted by molar-refractivity contribution is 6.30. The van der Waals surface area contributed by atoms with Gasteiger partial charge in [-0.15, -0.1) is 0 Å². The van der Waals surface area contributed by atoms with E-state index >= 15 is 0 Å². The van der Waals surface area contributed by atoms with Crippen molar-refractivity contribution in [2.75, 3.05) is 6.54 Å². The summed E-state index contributed by atoms with van der Waals surface area (Å²) < 4.78 is 5.65. The van der Waals surface area contributed by atoms with E-state index in [1.54, 1.807) is 24.3 Å². The molecule has 0 unspecified atom stereocenters. The minimum atomic E-state index is -0.524. The zero-order valence-corrected chi connectivity index (χ0v) is 11.7. The first-order chi connectivity index (χ1) is 10.0. The highest BCUT2D eigenvalue weighted by Gasteiger charge is 2.34. The predicted molar refractivity (Wildman–Crippen MR) is 76.0 cm³/mol. The molecule has 1 aliphatic heterocycles. The van der Waals surface area contributed by atoms with Crippen LogP contribution in [0.25, 0.3) is 11.3 Å². The summed E-state index contributed by atoms with van der Waals surface area (Å²) in [5.41, 5.74) is 0.866. The molecule has 7 heteroatoms. The summed E-state index contributed by atoms with van der Waals surface area (Å²) in [6, 6.07) is 10.2. The van der Waals surface area contributed by atoms with Crippen molar-refractivity contribution in [3.63, 3.8) is 0 Å². The molecule has 3 rings (SSSR count). The van der Waals surface area contributed by atoms with Crippen molar-refractivity contribution in [1.82, 2.24) is 9.91 Å². The number of nitrogens with two attached hydrogens (primary N) is 1. The van der Waals surface area contributed by atoms with Gasteiger partial charge in [0.1, 0.15) is 18.1 Å². The van der Waals surface area contributed by atoms with Gasteiger partial charge in [0, 0.05) is 10.6 Å². The van der Waals surface area contributed by atoms with Gasteiger partial charge in [-0.2, -0.15) is 0 Å². The van der Waals surface area contributed by atoms with Gasteiger partial charge in [0.05, 0.1) is 6.54 Å². The Morgan fingerprint density at radius 1 is 1.14 bits per heavy atom. The number of halogens is 1. The molecule has 1 saturated heterocycles. The zero-order chi connectivity index (χ0) is 15.0. The number of carbonyl (C=O) groups excluding carboxylic acids is 2. The lowest BCUT2D eigenvalue weighted by Gasteiger charge is -2.11. The molecule has 1 fully saturated rings. The number of carbonyl (C=O) groups is 2. The third-order valence-corrected chi connectivity index (χ3v) is 3.44. The van der Waals surface area contributed by atoms with Crippen LogP contribution in [-0.4, -0.2) is 28.4 Å². The summed E-state index contributed by atoms with van der Waals surface area (Å²) in [5.74, 6) is 6.22. The largest absolute Gasteiger partial charge is 0.459 e. The summed E-state index contributed by atoms with van der Waals surface area (Å²) in [6.45, 7) is -0.0391. The first kappa shape index (κ1) is 13.7. The number of hydrogen-bond donors (Lipinski definition) is 1. The highest BCUT2D eigenvalue weighted by atomic mass is 35.5. The molecule has 1 aliphatic rings. The minimum absolute atomic E-state index is 0.0684. The monoisotopic (exact) mass is 305 g/mol. The Morgan fingerprint density at radius 3 is 2.48 bits per heavy atom.